The van der Waals surface area contributed by atoms with Crippen molar-refractivity contribution in [1.82, 2.24) is 117 Å². The quantitative estimate of drug-likeness (QED) is 0.117. The molecule has 12 aromatic rings. The summed E-state index contributed by atoms with van der Waals surface area (Å²) in [5, 5.41) is 76.3. The molecule has 0 unspecified atom stereocenters. The van der Waals surface area contributed by atoms with Crippen LogP contribution in [0.1, 0.15) is 45.4 Å². The van der Waals surface area contributed by atoms with Crippen molar-refractivity contribution >= 4 is 49.9 Å². The van der Waals surface area contributed by atoms with Crippen LogP contribution in [-0.4, -0.2) is 182 Å². The van der Waals surface area contributed by atoms with Crippen LogP contribution < -0.4 is 17.2 Å². The van der Waals surface area contributed by atoms with Gasteiger partial charge in [0, 0.05) is 121 Å². The minimum absolute atomic E-state index is 0.0609. The van der Waals surface area contributed by atoms with Crippen molar-refractivity contribution in [3.63, 3.8) is 0 Å². The minimum atomic E-state index is -3.32. The molecule has 97 heavy (non-hydrogen) atoms. The Hall–Kier alpha value is -12.2. The van der Waals surface area contributed by atoms with Gasteiger partial charge >= 0.3 is 0 Å². The highest BCUT2D eigenvalue weighted by atomic mass is 32.2. The maximum absolute atomic E-state index is 12.6. The number of nitrogens with zero attached hydrogens (tertiary/aromatic N) is 28. The van der Waals surface area contributed by atoms with Gasteiger partial charge < -0.3 is 22.1 Å². The lowest BCUT2D eigenvalue weighted by Gasteiger charge is -2.48. The number of rotatable bonds is 16. The lowest BCUT2D eigenvalue weighted by atomic mass is 9.86. The standard InChI is InChI=1S/C21H22N10O2S.C21H22N10O.C20H19N11/c1-28-9-14(8-25-28)17-11-30-18(4-7-24-30)19(26-17)16-10-31(27-20(16)23)21(5-6-22)12-29(13-21)34(32,33)15-2-3-15;1-3-18(32)29-12-21(13-29,5-6-22)31-10-15(20(23)27-31)19-17-4-7-24-30(17)11-16(26-19)14-8-25-28(2)9-14;1-28-9-14(8-25-28)16-11-30-17(2-6-24-30)18(26-16)15-10-31(27-19(15)23)20(3-4-21)12-29(13-20)7-5-22/h4,7-11,15H,2-3,5,12-13H2,1H3,(H2,23,27);4,7-11H,3,5,12-13H2,1-2H3,(H2,23,27);2,6,8-11H,3,7,12-13H2,1H3,(H2,23,27). The Bertz CT molecular complexity index is 5330. The van der Waals surface area contributed by atoms with Crippen LogP contribution >= 0.6 is 0 Å². The first-order valence-corrected chi connectivity index (χ1v) is 32.3. The molecule has 1 amide bonds. The predicted octanol–water partition coefficient (Wildman–Crippen LogP) is 3.45. The van der Waals surface area contributed by atoms with Crippen molar-refractivity contribution in [2.45, 2.75) is 67.3 Å². The molecule has 3 aliphatic heterocycles. The smallest absolute Gasteiger partial charge is 0.222 e. The molecule has 490 valence electrons. The van der Waals surface area contributed by atoms with E-state index in [0.29, 0.717) is 114 Å². The largest absolute Gasteiger partial charge is 0.382 e. The van der Waals surface area contributed by atoms with Gasteiger partial charge in [-0.3, -0.25) is 37.8 Å². The lowest BCUT2D eigenvalue weighted by molar-refractivity contribution is -0.142. The van der Waals surface area contributed by atoms with Crippen molar-refractivity contribution in [1.29, 1.82) is 21.0 Å². The Balaban J connectivity index is 0.000000125. The average Bonchev–Trinajstić information content (AvgIpc) is 1.70. The van der Waals surface area contributed by atoms with E-state index in [4.69, 9.17) is 37.4 Å². The number of carbonyl (C=O) groups is 1. The van der Waals surface area contributed by atoms with E-state index < -0.39 is 26.6 Å². The fourth-order valence-corrected chi connectivity index (χ4v) is 14.8. The maximum Gasteiger partial charge on any atom is 0.222 e. The Morgan fingerprint density at radius 2 is 0.876 bits per heavy atom. The molecule has 0 bridgehead atoms. The number of sulfonamides is 1. The number of carbonyl (C=O) groups excluding carboxylic acids is 1. The van der Waals surface area contributed by atoms with Crippen molar-refractivity contribution in [2.24, 2.45) is 21.1 Å². The molecule has 0 aromatic carbocycles. The first-order valence-electron chi connectivity index (χ1n) is 30.8. The summed E-state index contributed by atoms with van der Waals surface area (Å²) in [6.45, 7) is 4.55. The number of likely N-dealkylation sites (tertiary alicyclic amines) is 2. The second-order valence-corrected chi connectivity index (χ2v) is 27.0. The molecular weight excluding hydrogens is 1260 g/mol. The van der Waals surface area contributed by atoms with E-state index in [1.54, 1.807) is 89.9 Å². The van der Waals surface area contributed by atoms with Crippen molar-refractivity contribution < 1.29 is 13.2 Å². The highest BCUT2D eigenvalue weighted by molar-refractivity contribution is 7.90. The Labute approximate surface area is 552 Å². The van der Waals surface area contributed by atoms with Gasteiger partial charge in [-0.05, 0) is 31.0 Å². The first-order chi connectivity index (χ1) is 46.8. The van der Waals surface area contributed by atoms with E-state index in [1.165, 1.54) is 4.31 Å². The van der Waals surface area contributed by atoms with Gasteiger partial charge in [-0.25, -0.2) is 36.9 Å². The normalized spacial score (nSPS) is 16.2. The second kappa shape index (κ2) is 24.0. The number of aryl methyl sites for hydroxylation is 3. The Morgan fingerprint density at radius 1 is 0.515 bits per heavy atom. The molecule has 34 nitrogen and oxygen atoms in total. The van der Waals surface area contributed by atoms with Gasteiger partial charge in [-0.2, -0.15) is 71.2 Å². The molecule has 16 rings (SSSR count). The van der Waals surface area contributed by atoms with Gasteiger partial charge in [0.15, 0.2) is 17.5 Å². The highest BCUT2D eigenvalue weighted by Crippen LogP contribution is 2.43. The summed E-state index contributed by atoms with van der Waals surface area (Å²) in [7, 11) is 2.21. The topological polar surface area (TPSA) is 432 Å². The molecule has 35 heteroatoms. The van der Waals surface area contributed by atoms with Crippen LogP contribution in [0, 0.1) is 45.3 Å². The molecule has 1 saturated carbocycles. The van der Waals surface area contributed by atoms with Crippen LogP contribution in [0.25, 0.3) is 84.1 Å². The zero-order valence-corrected chi connectivity index (χ0v) is 53.9. The molecule has 15 heterocycles. The number of nitrogens with two attached hydrogens (primary N) is 3. The van der Waals surface area contributed by atoms with Crippen LogP contribution in [0.5, 0.6) is 0 Å². The molecule has 3 saturated heterocycles. The van der Waals surface area contributed by atoms with Crippen molar-refractivity contribution in [3.05, 3.63) is 111 Å². The number of nitrogen functional groups attached to an aromatic ring is 3. The fraction of sp³-hybridized carbons (Fsp3) is 0.339. The number of nitriles is 4. The zero-order chi connectivity index (χ0) is 67.7. The summed E-state index contributed by atoms with van der Waals surface area (Å²) >= 11 is 0. The third-order valence-corrected chi connectivity index (χ3v) is 20.3. The Morgan fingerprint density at radius 3 is 1.20 bits per heavy atom. The third-order valence-electron chi connectivity index (χ3n) is 18.0. The number of anilines is 3. The highest BCUT2D eigenvalue weighted by Gasteiger charge is 2.54. The molecule has 0 atom stereocenters. The maximum atomic E-state index is 12.6. The van der Waals surface area contributed by atoms with Crippen molar-refractivity contribution in [3.8, 4) is 91.8 Å². The number of aromatic nitrogens is 21. The molecule has 4 aliphatic rings. The molecule has 0 radical (unpaired) electrons. The summed E-state index contributed by atoms with van der Waals surface area (Å²) in [4.78, 5) is 30.3. The first kappa shape index (κ1) is 62.3. The molecule has 4 fully saturated rings. The van der Waals surface area contributed by atoms with Gasteiger partial charge in [-0.1, -0.05) is 6.92 Å². The molecule has 6 N–H and O–H groups in total. The van der Waals surface area contributed by atoms with Gasteiger partial charge in [0.05, 0.1) is 161 Å². The molecule has 1 aliphatic carbocycles. The van der Waals surface area contributed by atoms with Crippen LogP contribution in [-0.2, 0) is 52.6 Å². The summed E-state index contributed by atoms with van der Waals surface area (Å²) in [6, 6.07) is 14.4. The van der Waals surface area contributed by atoms with Gasteiger partial charge in [0.2, 0.25) is 15.9 Å². The van der Waals surface area contributed by atoms with Gasteiger partial charge in [0.25, 0.3) is 0 Å². The number of hydrogen-bond acceptors (Lipinski definition) is 23. The van der Waals surface area contributed by atoms with E-state index in [0.717, 1.165) is 33.2 Å². The summed E-state index contributed by atoms with van der Waals surface area (Å²) in [6.07, 6.45) is 29.3. The van der Waals surface area contributed by atoms with Gasteiger partial charge in [0.1, 0.15) is 33.7 Å². The predicted molar refractivity (Wildman–Crippen MR) is 350 cm³/mol. The molecular formula is C62H63N31O3S. The number of fused-ring (bicyclic) bond motifs is 3. The SMILES string of the molecule is CCC(=O)N1CC(CC#N)(n2cc(-c3nc(-c4cnn(C)c4)cn4nccc34)c(N)n2)C1.Cn1cc(-c2cn3nccc3c(-c3cn(C4(CC#N)CN(CC#N)C4)nc3N)n2)cn1.Cn1cc(-c2cn3nccc3c(-c3cn(C4(CC#N)CN(S(=O)(=O)C5CC5)C4)nc3N)n2)cn1. The molecule has 12 aromatic heterocycles. The Kier molecular flexibility index (Phi) is 15.4. The van der Waals surface area contributed by atoms with Crippen molar-refractivity contribution in [2.75, 3.05) is 63.0 Å². The van der Waals surface area contributed by atoms with Crippen LogP contribution in [0.3, 0.4) is 0 Å². The molecule has 0 spiro atoms. The van der Waals surface area contributed by atoms with E-state index in [9.17, 15) is 29.0 Å². The van der Waals surface area contributed by atoms with Crippen LogP contribution in [0.4, 0.5) is 17.5 Å². The van der Waals surface area contributed by atoms with E-state index in [1.807, 2.05) is 101 Å². The van der Waals surface area contributed by atoms with Crippen LogP contribution in [0.15, 0.2) is 111 Å². The monoisotopic (exact) mass is 1320 g/mol. The summed E-state index contributed by atoms with van der Waals surface area (Å²) in [5.74, 6) is 0.946. The number of amides is 1. The third kappa shape index (κ3) is 11.1. The fourth-order valence-electron chi connectivity index (χ4n) is 12.8. The zero-order valence-electron chi connectivity index (χ0n) is 53.0. The average molecular weight is 1320 g/mol. The second-order valence-electron chi connectivity index (χ2n) is 24.8. The van der Waals surface area contributed by atoms with E-state index in [-0.39, 0.29) is 49.3 Å². The van der Waals surface area contributed by atoms with Crippen LogP contribution in [0.2, 0.25) is 0 Å². The summed E-state index contributed by atoms with van der Waals surface area (Å²) < 4.78 is 42.2. The lowest BCUT2D eigenvalue weighted by Crippen LogP contribution is -2.64. The van der Waals surface area contributed by atoms with E-state index >= 15 is 0 Å². The minimum Gasteiger partial charge on any atom is -0.382 e. The number of hydrogen-bond donors (Lipinski definition) is 3. The van der Waals surface area contributed by atoms with Gasteiger partial charge in [-0.15, -0.1) is 0 Å². The van der Waals surface area contributed by atoms with E-state index in [2.05, 4.69) is 70.2 Å². The summed E-state index contributed by atoms with van der Waals surface area (Å²) in [5.41, 5.74) is 27.9.